The molecule has 0 radical (unpaired) electrons. The van der Waals surface area contributed by atoms with Crippen molar-refractivity contribution in [2.45, 2.75) is 26.2 Å². The number of piperazine rings is 1. The fourth-order valence-electron chi connectivity index (χ4n) is 3.00. The lowest BCUT2D eigenvalue weighted by molar-refractivity contribution is 0.253. The molecule has 6 heteroatoms. The number of rotatable bonds is 8. The van der Waals surface area contributed by atoms with E-state index in [4.69, 9.17) is 0 Å². The van der Waals surface area contributed by atoms with Crippen LogP contribution in [0.2, 0.25) is 0 Å². The maximum absolute atomic E-state index is 4.23. The third-order valence-corrected chi connectivity index (χ3v) is 4.45. The highest BCUT2D eigenvalue weighted by molar-refractivity contribution is 14.0. The zero-order chi connectivity index (χ0) is 17.0. The molecule has 0 aromatic heterocycles. The zero-order valence-corrected chi connectivity index (χ0v) is 18.0. The van der Waals surface area contributed by atoms with E-state index in [1.54, 1.807) is 0 Å². The highest BCUT2D eigenvalue weighted by Crippen LogP contribution is 2.15. The van der Waals surface area contributed by atoms with Crippen LogP contribution in [0.15, 0.2) is 35.3 Å². The van der Waals surface area contributed by atoms with Gasteiger partial charge in [0.05, 0.1) is 0 Å². The average molecular weight is 459 g/mol. The molecule has 2 N–H and O–H groups in total. The molecule has 1 fully saturated rings. The molecule has 1 aromatic rings. The minimum absolute atomic E-state index is 0. The Kier molecular flexibility index (Phi) is 11.6. The van der Waals surface area contributed by atoms with Gasteiger partial charge in [0.15, 0.2) is 5.96 Å². The van der Waals surface area contributed by atoms with E-state index in [1.165, 1.54) is 38.2 Å². The third kappa shape index (κ3) is 8.27. The normalized spacial score (nSPS) is 15.6. The van der Waals surface area contributed by atoms with Crippen LogP contribution in [0.3, 0.4) is 0 Å². The summed E-state index contributed by atoms with van der Waals surface area (Å²) in [6.45, 7) is 9.94. The minimum Gasteiger partial charge on any atom is -0.369 e. The summed E-state index contributed by atoms with van der Waals surface area (Å²) in [7, 11) is 1.83. The molecule has 0 amide bonds. The summed E-state index contributed by atoms with van der Waals surface area (Å²) in [5.41, 5.74) is 1.35. The van der Waals surface area contributed by atoms with E-state index in [-0.39, 0.29) is 24.0 Å². The van der Waals surface area contributed by atoms with Crippen LogP contribution in [-0.2, 0) is 0 Å². The monoisotopic (exact) mass is 459 g/mol. The van der Waals surface area contributed by atoms with Crippen LogP contribution in [0.4, 0.5) is 5.69 Å². The standard InChI is InChI=1S/C19H33N5.HI/c1-3-11-21-19(20-2)22-12-7-8-13-23-14-16-24(17-15-23)18-9-5-4-6-10-18;/h4-6,9-10H,3,7-8,11-17H2,1-2H3,(H2,20,21,22);1H. The first-order valence-corrected chi connectivity index (χ1v) is 9.30. The summed E-state index contributed by atoms with van der Waals surface area (Å²) in [4.78, 5) is 9.30. The van der Waals surface area contributed by atoms with Crippen molar-refractivity contribution in [1.29, 1.82) is 0 Å². The lowest BCUT2D eigenvalue weighted by Crippen LogP contribution is -2.46. The quantitative estimate of drug-likeness (QED) is 0.272. The summed E-state index contributed by atoms with van der Waals surface area (Å²) >= 11 is 0. The lowest BCUT2D eigenvalue weighted by atomic mass is 10.2. The topological polar surface area (TPSA) is 42.9 Å². The summed E-state index contributed by atoms with van der Waals surface area (Å²) in [6.07, 6.45) is 3.55. The molecule has 0 saturated carbocycles. The summed E-state index contributed by atoms with van der Waals surface area (Å²) in [6, 6.07) is 10.7. The summed E-state index contributed by atoms with van der Waals surface area (Å²) in [5.74, 6) is 0.924. The molecule has 0 aliphatic carbocycles. The van der Waals surface area contributed by atoms with Gasteiger partial charge >= 0.3 is 0 Å². The number of aliphatic imine (C=N–C) groups is 1. The van der Waals surface area contributed by atoms with E-state index >= 15 is 0 Å². The number of nitrogens with zero attached hydrogens (tertiary/aromatic N) is 3. The zero-order valence-electron chi connectivity index (χ0n) is 15.7. The van der Waals surface area contributed by atoms with Crippen molar-refractivity contribution < 1.29 is 0 Å². The molecule has 1 saturated heterocycles. The molecule has 1 aliphatic rings. The van der Waals surface area contributed by atoms with Gasteiger partial charge in [0, 0.05) is 52.0 Å². The average Bonchev–Trinajstić information content (AvgIpc) is 2.65. The third-order valence-electron chi connectivity index (χ3n) is 4.45. The Hall–Kier alpha value is -1.02. The highest BCUT2D eigenvalue weighted by Gasteiger charge is 2.16. The molecular weight excluding hydrogens is 425 g/mol. The number of para-hydroxylation sites is 1. The van der Waals surface area contributed by atoms with Gasteiger partial charge in [-0.3, -0.25) is 9.89 Å². The van der Waals surface area contributed by atoms with Gasteiger partial charge in [0.25, 0.3) is 0 Å². The molecule has 1 heterocycles. The van der Waals surface area contributed by atoms with Crippen molar-refractivity contribution in [3.63, 3.8) is 0 Å². The number of unbranched alkanes of at least 4 members (excludes halogenated alkanes) is 1. The van der Waals surface area contributed by atoms with E-state index in [2.05, 4.69) is 62.7 Å². The van der Waals surface area contributed by atoms with Crippen LogP contribution in [-0.4, -0.2) is 63.7 Å². The molecule has 25 heavy (non-hydrogen) atoms. The van der Waals surface area contributed by atoms with Gasteiger partial charge in [-0.15, -0.1) is 24.0 Å². The number of halogens is 1. The molecule has 1 aromatic carbocycles. The Bertz CT molecular complexity index is 472. The second-order valence-electron chi connectivity index (χ2n) is 6.30. The molecule has 0 spiro atoms. The Morgan fingerprint density at radius 2 is 1.68 bits per heavy atom. The largest absolute Gasteiger partial charge is 0.369 e. The van der Waals surface area contributed by atoms with Crippen molar-refractivity contribution in [2.24, 2.45) is 4.99 Å². The lowest BCUT2D eigenvalue weighted by Gasteiger charge is -2.36. The molecule has 0 bridgehead atoms. The van der Waals surface area contributed by atoms with Gasteiger partial charge < -0.3 is 15.5 Å². The van der Waals surface area contributed by atoms with Gasteiger partial charge in [0.1, 0.15) is 0 Å². The van der Waals surface area contributed by atoms with E-state index in [9.17, 15) is 0 Å². The molecule has 5 nitrogen and oxygen atoms in total. The van der Waals surface area contributed by atoms with Gasteiger partial charge in [-0.2, -0.15) is 0 Å². The maximum Gasteiger partial charge on any atom is 0.190 e. The minimum atomic E-state index is 0. The number of hydrogen-bond donors (Lipinski definition) is 2. The molecule has 0 unspecified atom stereocenters. The van der Waals surface area contributed by atoms with Crippen molar-refractivity contribution in [3.8, 4) is 0 Å². The van der Waals surface area contributed by atoms with Crippen molar-refractivity contribution in [2.75, 3.05) is 57.8 Å². The Balaban J connectivity index is 0.00000312. The predicted octanol–water partition coefficient (Wildman–Crippen LogP) is 2.78. The first-order chi connectivity index (χ1) is 11.8. The van der Waals surface area contributed by atoms with Crippen LogP contribution in [0.25, 0.3) is 0 Å². The smallest absolute Gasteiger partial charge is 0.190 e. The Morgan fingerprint density at radius 1 is 1.00 bits per heavy atom. The fraction of sp³-hybridized carbons (Fsp3) is 0.632. The summed E-state index contributed by atoms with van der Waals surface area (Å²) in [5, 5.41) is 6.69. The maximum atomic E-state index is 4.23. The first kappa shape index (κ1) is 22.0. The highest BCUT2D eigenvalue weighted by atomic mass is 127. The van der Waals surface area contributed by atoms with Gasteiger partial charge in [-0.25, -0.2) is 0 Å². The van der Waals surface area contributed by atoms with Crippen LogP contribution in [0.5, 0.6) is 0 Å². The Labute approximate surface area is 170 Å². The number of hydrogen-bond acceptors (Lipinski definition) is 3. The number of nitrogens with one attached hydrogen (secondary N) is 2. The van der Waals surface area contributed by atoms with Crippen molar-refractivity contribution >= 4 is 35.6 Å². The second kappa shape index (κ2) is 13.2. The van der Waals surface area contributed by atoms with Crippen LogP contribution in [0.1, 0.15) is 26.2 Å². The fourth-order valence-corrected chi connectivity index (χ4v) is 3.00. The van der Waals surface area contributed by atoms with E-state index in [0.717, 1.165) is 38.6 Å². The van der Waals surface area contributed by atoms with Gasteiger partial charge in [-0.05, 0) is 37.9 Å². The van der Waals surface area contributed by atoms with Crippen LogP contribution in [0, 0.1) is 0 Å². The SMILES string of the molecule is CCCNC(=NC)NCCCCN1CCN(c2ccccc2)CC1.I. The van der Waals surface area contributed by atoms with E-state index in [1.807, 2.05) is 7.05 Å². The van der Waals surface area contributed by atoms with Crippen molar-refractivity contribution in [3.05, 3.63) is 30.3 Å². The van der Waals surface area contributed by atoms with Crippen LogP contribution >= 0.6 is 24.0 Å². The van der Waals surface area contributed by atoms with E-state index in [0.29, 0.717) is 0 Å². The Morgan fingerprint density at radius 3 is 2.32 bits per heavy atom. The molecular formula is C19H34IN5. The van der Waals surface area contributed by atoms with Gasteiger partial charge in [0.2, 0.25) is 0 Å². The molecule has 2 rings (SSSR count). The van der Waals surface area contributed by atoms with Gasteiger partial charge in [-0.1, -0.05) is 25.1 Å². The number of benzene rings is 1. The predicted molar refractivity (Wildman–Crippen MR) is 119 cm³/mol. The summed E-state index contributed by atoms with van der Waals surface area (Å²) < 4.78 is 0. The molecule has 0 atom stereocenters. The molecule has 1 aliphatic heterocycles. The van der Waals surface area contributed by atoms with Crippen LogP contribution < -0.4 is 15.5 Å². The first-order valence-electron chi connectivity index (χ1n) is 9.30. The number of anilines is 1. The molecule has 142 valence electrons. The number of guanidine groups is 1. The second-order valence-corrected chi connectivity index (χ2v) is 6.30. The van der Waals surface area contributed by atoms with Crippen molar-refractivity contribution in [1.82, 2.24) is 15.5 Å². The van der Waals surface area contributed by atoms with E-state index < -0.39 is 0 Å².